The summed E-state index contributed by atoms with van der Waals surface area (Å²) in [5.41, 5.74) is 0.405. The number of carboxylic acid groups (broad SMARTS) is 1. The van der Waals surface area contributed by atoms with Gasteiger partial charge in [0.2, 0.25) is 0 Å². The number of nitrogens with zero attached hydrogens (tertiary/aromatic N) is 3. The summed E-state index contributed by atoms with van der Waals surface area (Å²) in [5, 5.41) is 12.7. The van der Waals surface area contributed by atoms with Crippen LogP contribution in [-0.2, 0) is 11.3 Å². The van der Waals surface area contributed by atoms with Crippen LogP contribution in [0.2, 0.25) is 0 Å². The normalized spacial score (nSPS) is 15.7. The highest BCUT2D eigenvalue weighted by molar-refractivity contribution is 5.92. The second kappa shape index (κ2) is 5.66. The molecule has 1 saturated heterocycles. The Bertz CT molecular complexity index is 436. The first-order valence-corrected chi connectivity index (χ1v) is 6.21. The van der Waals surface area contributed by atoms with Crippen LogP contribution in [0.3, 0.4) is 0 Å². The molecule has 0 radical (unpaired) electrons. The van der Waals surface area contributed by atoms with Crippen molar-refractivity contribution in [2.75, 3.05) is 13.1 Å². The van der Waals surface area contributed by atoms with Crippen molar-refractivity contribution in [1.82, 2.24) is 14.7 Å². The number of rotatable bonds is 4. The van der Waals surface area contributed by atoms with Crippen molar-refractivity contribution in [3.8, 4) is 0 Å². The lowest BCUT2D eigenvalue weighted by molar-refractivity contribution is -0.137. The smallest absolute Gasteiger partial charge is 0.305 e. The van der Waals surface area contributed by atoms with E-state index in [4.69, 9.17) is 5.11 Å². The van der Waals surface area contributed by atoms with Gasteiger partial charge in [0, 0.05) is 19.3 Å². The van der Waals surface area contributed by atoms with Crippen molar-refractivity contribution in [2.45, 2.75) is 32.2 Å². The van der Waals surface area contributed by atoms with Gasteiger partial charge in [-0.25, -0.2) is 0 Å². The Balaban J connectivity index is 1.95. The fourth-order valence-electron chi connectivity index (χ4n) is 2.07. The molecule has 0 aromatic carbocycles. The molecule has 98 valence electrons. The van der Waals surface area contributed by atoms with E-state index in [1.54, 1.807) is 12.3 Å². The molecule has 6 heteroatoms. The van der Waals surface area contributed by atoms with Crippen LogP contribution in [0.25, 0.3) is 0 Å². The largest absolute Gasteiger partial charge is 0.481 e. The van der Waals surface area contributed by atoms with Crippen LogP contribution in [0, 0.1) is 0 Å². The zero-order chi connectivity index (χ0) is 13.0. The van der Waals surface area contributed by atoms with Gasteiger partial charge in [0.25, 0.3) is 5.91 Å². The van der Waals surface area contributed by atoms with Crippen molar-refractivity contribution < 1.29 is 14.7 Å². The summed E-state index contributed by atoms with van der Waals surface area (Å²) >= 11 is 0. The molecule has 0 bridgehead atoms. The molecule has 1 aromatic heterocycles. The van der Waals surface area contributed by atoms with Gasteiger partial charge in [0.05, 0.1) is 13.0 Å². The number of piperidine rings is 1. The molecule has 1 aliphatic rings. The minimum atomic E-state index is -0.866. The highest BCUT2D eigenvalue weighted by Crippen LogP contribution is 2.12. The average molecular weight is 251 g/mol. The van der Waals surface area contributed by atoms with Crippen molar-refractivity contribution in [3.05, 3.63) is 18.0 Å². The Morgan fingerprint density at radius 1 is 1.28 bits per heavy atom. The number of aromatic nitrogens is 2. The van der Waals surface area contributed by atoms with E-state index in [2.05, 4.69) is 5.10 Å². The Morgan fingerprint density at radius 2 is 2.00 bits per heavy atom. The number of amides is 1. The Kier molecular flexibility index (Phi) is 3.96. The van der Waals surface area contributed by atoms with Crippen LogP contribution < -0.4 is 0 Å². The van der Waals surface area contributed by atoms with Gasteiger partial charge in [0.1, 0.15) is 5.69 Å². The molecule has 2 heterocycles. The summed E-state index contributed by atoms with van der Waals surface area (Å²) in [4.78, 5) is 24.3. The van der Waals surface area contributed by atoms with E-state index in [1.807, 2.05) is 4.90 Å². The fraction of sp³-hybridized carbons (Fsp3) is 0.583. The molecular weight excluding hydrogens is 234 g/mol. The first kappa shape index (κ1) is 12.6. The molecule has 1 amide bonds. The maximum Gasteiger partial charge on any atom is 0.305 e. The maximum absolute atomic E-state index is 12.1. The Labute approximate surface area is 105 Å². The van der Waals surface area contributed by atoms with Crippen molar-refractivity contribution in [3.63, 3.8) is 0 Å². The third kappa shape index (κ3) is 3.09. The van der Waals surface area contributed by atoms with Gasteiger partial charge in [-0.1, -0.05) is 0 Å². The van der Waals surface area contributed by atoms with Crippen molar-refractivity contribution in [1.29, 1.82) is 0 Å². The van der Waals surface area contributed by atoms with Gasteiger partial charge in [-0.2, -0.15) is 5.10 Å². The summed E-state index contributed by atoms with van der Waals surface area (Å²) in [5.74, 6) is -0.918. The van der Waals surface area contributed by atoms with Gasteiger partial charge in [-0.05, 0) is 25.3 Å². The predicted molar refractivity (Wildman–Crippen MR) is 64.2 cm³/mol. The van der Waals surface area contributed by atoms with Crippen LogP contribution >= 0.6 is 0 Å². The van der Waals surface area contributed by atoms with E-state index >= 15 is 0 Å². The minimum absolute atomic E-state index is 0.0129. The van der Waals surface area contributed by atoms with Gasteiger partial charge >= 0.3 is 5.97 Å². The summed E-state index contributed by atoms with van der Waals surface area (Å²) in [6, 6.07) is 1.65. The maximum atomic E-state index is 12.1. The Morgan fingerprint density at radius 3 is 2.67 bits per heavy atom. The van der Waals surface area contributed by atoms with Gasteiger partial charge in [0.15, 0.2) is 0 Å². The molecule has 18 heavy (non-hydrogen) atoms. The van der Waals surface area contributed by atoms with Crippen molar-refractivity contribution in [2.24, 2.45) is 0 Å². The SMILES string of the molecule is O=C(O)CCn1ccc(C(=O)N2CCCCC2)n1. The zero-order valence-electron chi connectivity index (χ0n) is 10.2. The number of hydrogen-bond acceptors (Lipinski definition) is 3. The first-order chi connectivity index (χ1) is 8.66. The van der Waals surface area contributed by atoms with E-state index < -0.39 is 5.97 Å². The molecular formula is C12H17N3O3. The Hall–Kier alpha value is -1.85. The summed E-state index contributed by atoms with van der Waals surface area (Å²) < 4.78 is 1.51. The lowest BCUT2D eigenvalue weighted by Crippen LogP contribution is -2.35. The zero-order valence-corrected chi connectivity index (χ0v) is 10.2. The first-order valence-electron chi connectivity index (χ1n) is 6.21. The number of hydrogen-bond donors (Lipinski definition) is 1. The number of carboxylic acids is 1. The molecule has 0 aliphatic carbocycles. The molecule has 0 atom stereocenters. The average Bonchev–Trinajstić information content (AvgIpc) is 2.85. The van der Waals surface area contributed by atoms with Crippen LogP contribution in [0.4, 0.5) is 0 Å². The summed E-state index contributed by atoms with van der Waals surface area (Å²) in [6.07, 6.45) is 4.94. The molecule has 6 nitrogen and oxygen atoms in total. The van der Waals surface area contributed by atoms with Crippen LogP contribution in [0.1, 0.15) is 36.2 Å². The predicted octanol–water partition coefficient (Wildman–Crippen LogP) is 0.984. The fourth-order valence-corrected chi connectivity index (χ4v) is 2.07. The number of likely N-dealkylation sites (tertiary alicyclic amines) is 1. The second-order valence-corrected chi connectivity index (χ2v) is 4.46. The highest BCUT2D eigenvalue weighted by Gasteiger charge is 2.20. The quantitative estimate of drug-likeness (QED) is 0.865. The number of aliphatic carboxylic acids is 1. The van der Waals surface area contributed by atoms with E-state index in [0.29, 0.717) is 12.2 Å². The highest BCUT2D eigenvalue weighted by atomic mass is 16.4. The molecule has 0 saturated carbocycles. The molecule has 0 unspecified atom stereocenters. The molecule has 1 fully saturated rings. The monoisotopic (exact) mass is 251 g/mol. The number of carbonyl (C=O) groups excluding carboxylic acids is 1. The summed E-state index contributed by atoms with van der Waals surface area (Å²) in [6.45, 7) is 1.88. The van der Waals surface area contributed by atoms with E-state index in [9.17, 15) is 9.59 Å². The molecule has 1 aliphatic heterocycles. The van der Waals surface area contributed by atoms with Crippen LogP contribution in [0.5, 0.6) is 0 Å². The standard InChI is InChI=1S/C12H17N3O3/c16-11(17)5-9-15-8-4-10(13-15)12(18)14-6-2-1-3-7-14/h4,8H,1-3,5-7,9H2,(H,16,17). The lowest BCUT2D eigenvalue weighted by Gasteiger charge is -2.25. The van der Waals surface area contributed by atoms with Gasteiger partial charge < -0.3 is 10.0 Å². The molecule has 2 rings (SSSR count). The van der Waals surface area contributed by atoms with Crippen LogP contribution in [-0.4, -0.2) is 44.8 Å². The molecule has 1 N–H and O–H groups in total. The van der Waals surface area contributed by atoms with Gasteiger partial charge in [-0.3, -0.25) is 14.3 Å². The molecule has 1 aromatic rings. The minimum Gasteiger partial charge on any atom is -0.481 e. The topological polar surface area (TPSA) is 75.4 Å². The number of aryl methyl sites for hydroxylation is 1. The van der Waals surface area contributed by atoms with Crippen LogP contribution in [0.15, 0.2) is 12.3 Å². The summed E-state index contributed by atoms with van der Waals surface area (Å²) in [7, 11) is 0. The van der Waals surface area contributed by atoms with E-state index in [0.717, 1.165) is 25.9 Å². The van der Waals surface area contributed by atoms with E-state index in [-0.39, 0.29) is 12.3 Å². The third-order valence-electron chi connectivity index (χ3n) is 3.06. The van der Waals surface area contributed by atoms with Gasteiger partial charge in [-0.15, -0.1) is 0 Å². The van der Waals surface area contributed by atoms with Crippen molar-refractivity contribution >= 4 is 11.9 Å². The second-order valence-electron chi connectivity index (χ2n) is 4.46. The third-order valence-corrected chi connectivity index (χ3v) is 3.06. The lowest BCUT2D eigenvalue weighted by atomic mass is 10.1. The number of carbonyl (C=O) groups is 2. The van der Waals surface area contributed by atoms with E-state index in [1.165, 1.54) is 11.1 Å². The molecule has 0 spiro atoms.